The molecule has 0 unspecified atom stereocenters. The topological polar surface area (TPSA) is 130 Å². The van der Waals surface area contributed by atoms with E-state index in [-0.39, 0.29) is 19.8 Å². The molecule has 0 spiro atoms. The maximum absolute atomic E-state index is 11.0. The van der Waals surface area contributed by atoms with E-state index in [1.807, 2.05) is 0 Å². The van der Waals surface area contributed by atoms with Gasteiger partial charge in [0, 0.05) is 12.2 Å². The van der Waals surface area contributed by atoms with Gasteiger partial charge in [0.05, 0.1) is 72.7 Å². The highest BCUT2D eigenvalue weighted by molar-refractivity contribution is 5.90. The van der Waals surface area contributed by atoms with Crippen LogP contribution >= 0.6 is 0 Å². The second kappa shape index (κ2) is 19.8. The zero-order valence-electron chi connectivity index (χ0n) is 14.8. The number of carbonyl (C=O) groups is 2. The number of hydrogen-bond donors (Lipinski definition) is 2. The summed E-state index contributed by atoms with van der Waals surface area (Å²) in [6.07, 6.45) is 1.54. The van der Waals surface area contributed by atoms with Crippen LogP contribution in [0.15, 0.2) is 12.2 Å². The van der Waals surface area contributed by atoms with E-state index in [4.69, 9.17) is 38.6 Å². The van der Waals surface area contributed by atoms with E-state index in [1.165, 1.54) is 0 Å². The van der Waals surface area contributed by atoms with E-state index in [9.17, 15) is 9.59 Å². The number of aliphatic carboxylic acids is 1. The first kappa shape index (κ1) is 24.4. The van der Waals surface area contributed by atoms with Crippen molar-refractivity contribution in [2.24, 2.45) is 0 Å². The fraction of sp³-hybridized carbons (Fsp3) is 0.750. The van der Waals surface area contributed by atoms with E-state index < -0.39 is 11.9 Å². The van der Waals surface area contributed by atoms with Crippen molar-refractivity contribution in [3.05, 3.63) is 12.2 Å². The van der Waals surface area contributed by atoms with Crippen molar-refractivity contribution in [1.29, 1.82) is 0 Å². The Morgan fingerprint density at radius 3 is 1.38 bits per heavy atom. The molecule has 152 valence electrons. The average Bonchev–Trinajstić information content (AvgIpc) is 2.62. The highest BCUT2D eigenvalue weighted by Gasteiger charge is 1.98. The molecule has 0 fully saturated rings. The van der Waals surface area contributed by atoms with Gasteiger partial charge in [-0.2, -0.15) is 0 Å². The number of esters is 1. The molecule has 0 bridgehead atoms. The Hall–Kier alpha value is -1.56. The van der Waals surface area contributed by atoms with Crippen LogP contribution in [0.25, 0.3) is 0 Å². The molecule has 2 N–H and O–H groups in total. The predicted molar refractivity (Wildman–Crippen MR) is 88.9 cm³/mol. The summed E-state index contributed by atoms with van der Waals surface area (Å²) in [5.74, 6) is -1.94. The maximum Gasteiger partial charge on any atom is 0.331 e. The number of hydrogen-bond acceptors (Lipinski definition) is 9. The number of aliphatic hydroxyl groups excluding tert-OH is 1. The second-order valence-corrected chi connectivity index (χ2v) is 4.62. The summed E-state index contributed by atoms with van der Waals surface area (Å²) >= 11 is 0. The van der Waals surface area contributed by atoms with Crippen LogP contribution in [0.1, 0.15) is 0 Å². The van der Waals surface area contributed by atoms with Gasteiger partial charge in [-0.3, -0.25) is 0 Å². The van der Waals surface area contributed by atoms with Crippen LogP contribution in [-0.4, -0.2) is 101 Å². The Morgan fingerprint density at radius 1 is 0.615 bits per heavy atom. The Balaban J connectivity index is 3.13. The van der Waals surface area contributed by atoms with Crippen LogP contribution in [-0.2, 0) is 38.0 Å². The van der Waals surface area contributed by atoms with Crippen molar-refractivity contribution in [2.75, 3.05) is 79.3 Å². The summed E-state index contributed by atoms with van der Waals surface area (Å²) in [7, 11) is 0. The molecule has 10 nitrogen and oxygen atoms in total. The molecule has 0 heterocycles. The van der Waals surface area contributed by atoms with Crippen molar-refractivity contribution in [1.82, 2.24) is 0 Å². The molecule has 0 radical (unpaired) electrons. The zero-order chi connectivity index (χ0) is 19.3. The SMILES string of the molecule is O=C(O)/C=C\C(=O)OCCOCCOCCOCCOCCOCCO. The minimum atomic E-state index is -1.21. The maximum atomic E-state index is 11.0. The quantitative estimate of drug-likeness (QED) is 0.168. The van der Waals surface area contributed by atoms with Crippen molar-refractivity contribution >= 4 is 11.9 Å². The van der Waals surface area contributed by atoms with Gasteiger partial charge in [0.1, 0.15) is 6.61 Å². The fourth-order valence-corrected chi connectivity index (χ4v) is 1.43. The van der Waals surface area contributed by atoms with Crippen LogP contribution in [0.2, 0.25) is 0 Å². The number of carboxylic acid groups (broad SMARTS) is 1. The number of ether oxygens (including phenoxy) is 6. The zero-order valence-corrected chi connectivity index (χ0v) is 14.8. The molecule has 26 heavy (non-hydrogen) atoms. The number of carboxylic acids is 1. The summed E-state index contributed by atoms with van der Waals surface area (Å²) in [5.41, 5.74) is 0. The number of aliphatic hydroxyl groups is 1. The van der Waals surface area contributed by atoms with Gasteiger partial charge in [-0.25, -0.2) is 9.59 Å². The van der Waals surface area contributed by atoms with Crippen molar-refractivity contribution < 1.29 is 48.2 Å². The molecule has 0 amide bonds. The van der Waals surface area contributed by atoms with Gasteiger partial charge in [0.15, 0.2) is 0 Å². The molecule has 0 aromatic carbocycles. The van der Waals surface area contributed by atoms with E-state index in [1.54, 1.807) is 0 Å². The minimum Gasteiger partial charge on any atom is -0.478 e. The van der Waals surface area contributed by atoms with Gasteiger partial charge < -0.3 is 38.6 Å². The average molecular weight is 380 g/mol. The van der Waals surface area contributed by atoms with Gasteiger partial charge in [-0.15, -0.1) is 0 Å². The third-order valence-electron chi connectivity index (χ3n) is 2.56. The summed E-state index contributed by atoms with van der Waals surface area (Å²) in [4.78, 5) is 21.2. The lowest BCUT2D eigenvalue weighted by atomic mass is 10.5. The van der Waals surface area contributed by atoms with E-state index >= 15 is 0 Å². The Labute approximate surface area is 152 Å². The molecule has 0 saturated carbocycles. The van der Waals surface area contributed by atoms with Gasteiger partial charge in [0.2, 0.25) is 0 Å². The molecule has 10 heteroatoms. The number of rotatable bonds is 19. The van der Waals surface area contributed by atoms with Crippen LogP contribution in [0.4, 0.5) is 0 Å². The van der Waals surface area contributed by atoms with Crippen LogP contribution < -0.4 is 0 Å². The molecule has 0 saturated heterocycles. The highest BCUT2D eigenvalue weighted by Crippen LogP contribution is 1.86. The molecule has 0 aromatic heterocycles. The first-order valence-corrected chi connectivity index (χ1v) is 8.24. The molecule has 0 aliphatic carbocycles. The largest absolute Gasteiger partial charge is 0.478 e. The predicted octanol–water partition coefficient (Wildman–Crippen LogP) is -0.754. The van der Waals surface area contributed by atoms with E-state index in [2.05, 4.69) is 0 Å². The first-order valence-electron chi connectivity index (χ1n) is 8.24. The molecule has 0 aromatic rings. The van der Waals surface area contributed by atoms with Gasteiger partial charge >= 0.3 is 11.9 Å². The Bertz CT molecular complexity index is 372. The molecular formula is C16H28O10. The Morgan fingerprint density at radius 2 is 1.00 bits per heavy atom. The third kappa shape index (κ3) is 20.5. The Kier molecular flexibility index (Phi) is 18.6. The summed E-state index contributed by atoms with van der Waals surface area (Å²) < 4.78 is 30.7. The van der Waals surface area contributed by atoms with Gasteiger partial charge in [0.25, 0.3) is 0 Å². The smallest absolute Gasteiger partial charge is 0.331 e. The number of carbonyl (C=O) groups excluding carboxylic acids is 1. The molecule has 0 aliphatic rings. The summed E-state index contributed by atoms with van der Waals surface area (Å²) in [5, 5.41) is 16.8. The lowest BCUT2D eigenvalue weighted by Crippen LogP contribution is -2.14. The minimum absolute atomic E-state index is 0.00774. The first-order chi connectivity index (χ1) is 12.7. The molecule has 0 rings (SSSR count). The molecule has 0 atom stereocenters. The fourth-order valence-electron chi connectivity index (χ4n) is 1.43. The van der Waals surface area contributed by atoms with Gasteiger partial charge in [-0.1, -0.05) is 0 Å². The summed E-state index contributed by atoms with van der Waals surface area (Å²) in [6, 6.07) is 0. The van der Waals surface area contributed by atoms with Gasteiger partial charge in [-0.05, 0) is 0 Å². The van der Waals surface area contributed by atoms with Crippen molar-refractivity contribution in [3.63, 3.8) is 0 Å². The normalized spacial score (nSPS) is 11.1. The highest BCUT2D eigenvalue weighted by atomic mass is 16.6. The summed E-state index contributed by atoms with van der Waals surface area (Å²) in [6.45, 7) is 3.99. The van der Waals surface area contributed by atoms with Crippen molar-refractivity contribution in [2.45, 2.75) is 0 Å². The molecular weight excluding hydrogens is 352 g/mol. The van der Waals surface area contributed by atoms with Crippen molar-refractivity contribution in [3.8, 4) is 0 Å². The van der Waals surface area contributed by atoms with E-state index in [0.717, 1.165) is 6.08 Å². The second-order valence-electron chi connectivity index (χ2n) is 4.62. The lowest BCUT2D eigenvalue weighted by molar-refractivity contribution is -0.140. The molecule has 0 aliphatic heterocycles. The van der Waals surface area contributed by atoms with Crippen LogP contribution in [0.3, 0.4) is 0 Å². The standard InChI is InChI=1S/C16H28O10/c17-3-4-21-5-6-22-7-8-23-9-10-24-11-12-25-13-14-26-16(20)2-1-15(18)19/h1-2,17H,3-14H2,(H,18,19)/b2-1-. The lowest BCUT2D eigenvalue weighted by Gasteiger charge is -2.07. The monoisotopic (exact) mass is 380 g/mol. The van der Waals surface area contributed by atoms with Crippen LogP contribution in [0.5, 0.6) is 0 Å². The van der Waals surface area contributed by atoms with Crippen LogP contribution in [0, 0.1) is 0 Å². The third-order valence-corrected chi connectivity index (χ3v) is 2.56. The van der Waals surface area contributed by atoms with E-state index in [0.29, 0.717) is 65.5 Å².